The summed E-state index contributed by atoms with van der Waals surface area (Å²) in [4.78, 5) is 14.6. The second kappa shape index (κ2) is 10.1. The molecule has 0 atom stereocenters. The molecule has 0 aliphatic heterocycles. The smallest absolute Gasteiger partial charge is 0.243 e. The highest BCUT2D eigenvalue weighted by Crippen LogP contribution is 2.20. The van der Waals surface area contributed by atoms with E-state index in [2.05, 4.69) is 0 Å². The molecule has 170 valence electrons. The lowest BCUT2D eigenvalue weighted by Gasteiger charge is -2.29. The summed E-state index contributed by atoms with van der Waals surface area (Å²) in [7, 11) is -4.04. The van der Waals surface area contributed by atoms with E-state index < -0.39 is 40.2 Å². The van der Waals surface area contributed by atoms with Crippen molar-refractivity contribution in [3.05, 3.63) is 89.9 Å². The van der Waals surface area contributed by atoms with Crippen molar-refractivity contribution < 1.29 is 26.4 Å². The van der Waals surface area contributed by atoms with Gasteiger partial charge in [0.05, 0.1) is 24.2 Å². The fraction of sp³-hybridized carbons (Fsp3) is 0.261. The zero-order valence-electron chi connectivity index (χ0n) is 17.7. The zero-order valence-corrected chi connectivity index (χ0v) is 18.6. The van der Waals surface area contributed by atoms with Gasteiger partial charge in [-0.3, -0.25) is 4.79 Å². The molecule has 0 radical (unpaired) electrons. The summed E-state index contributed by atoms with van der Waals surface area (Å²) in [6.45, 7) is 3.16. The van der Waals surface area contributed by atoms with Crippen LogP contribution in [0, 0.1) is 11.6 Å². The van der Waals surface area contributed by atoms with Gasteiger partial charge in [-0.05, 0) is 67.9 Å². The highest BCUT2D eigenvalue weighted by atomic mass is 32.2. The van der Waals surface area contributed by atoms with Crippen molar-refractivity contribution >= 4 is 15.9 Å². The molecule has 3 rings (SSSR count). The van der Waals surface area contributed by atoms with Crippen LogP contribution in [0.2, 0.25) is 0 Å². The number of hydrogen-bond acceptors (Lipinski definition) is 4. The number of carbonyl (C=O) groups is 1. The maximum atomic E-state index is 13.3. The Labute approximate surface area is 186 Å². The molecule has 3 aromatic rings. The number of hydrogen-bond donors (Lipinski definition) is 0. The van der Waals surface area contributed by atoms with Crippen LogP contribution >= 0.6 is 0 Å². The molecule has 0 saturated carbocycles. The summed E-state index contributed by atoms with van der Waals surface area (Å²) in [6.07, 6.45) is 1.48. The summed E-state index contributed by atoms with van der Waals surface area (Å²) in [5.41, 5.74) is 0.684. The van der Waals surface area contributed by atoms with Gasteiger partial charge >= 0.3 is 0 Å². The van der Waals surface area contributed by atoms with Gasteiger partial charge in [-0.2, -0.15) is 4.31 Å². The third kappa shape index (κ3) is 5.80. The minimum atomic E-state index is -4.04. The number of amides is 1. The Morgan fingerprint density at radius 3 is 2.06 bits per heavy atom. The molecule has 0 unspecified atom stereocenters. The third-order valence-corrected chi connectivity index (χ3v) is 6.89. The molecule has 0 aliphatic rings. The lowest BCUT2D eigenvalue weighted by molar-refractivity contribution is -0.133. The minimum Gasteiger partial charge on any atom is -0.467 e. The van der Waals surface area contributed by atoms with Gasteiger partial charge in [0.1, 0.15) is 17.4 Å². The molecule has 6 nitrogen and oxygen atoms in total. The Morgan fingerprint density at radius 2 is 1.53 bits per heavy atom. The molecule has 2 aromatic carbocycles. The maximum absolute atomic E-state index is 13.3. The Hall–Kier alpha value is -3.04. The second-order valence-electron chi connectivity index (χ2n) is 7.55. The molecule has 1 aromatic heterocycles. The predicted molar refractivity (Wildman–Crippen MR) is 115 cm³/mol. The molecular weight excluding hydrogens is 438 g/mol. The van der Waals surface area contributed by atoms with Crippen LogP contribution in [-0.4, -0.2) is 36.1 Å². The molecule has 0 N–H and O–H groups in total. The summed E-state index contributed by atoms with van der Waals surface area (Å²) in [5, 5.41) is 0. The summed E-state index contributed by atoms with van der Waals surface area (Å²) in [5.74, 6) is -0.878. The number of sulfonamides is 1. The first kappa shape index (κ1) is 23.6. The SMILES string of the molecule is CC(C)N(CC(=O)N(Cc1ccc(F)cc1)Cc1ccco1)S(=O)(=O)c1ccc(F)cc1. The number of halogens is 2. The van der Waals surface area contributed by atoms with E-state index in [0.29, 0.717) is 11.3 Å². The molecule has 1 amide bonds. The summed E-state index contributed by atoms with van der Waals surface area (Å²) >= 11 is 0. The van der Waals surface area contributed by atoms with Crippen LogP contribution in [0.15, 0.2) is 76.2 Å². The van der Waals surface area contributed by atoms with Crippen molar-refractivity contribution in [2.24, 2.45) is 0 Å². The van der Waals surface area contributed by atoms with Crippen molar-refractivity contribution in [1.82, 2.24) is 9.21 Å². The quantitative estimate of drug-likeness (QED) is 0.478. The van der Waals surface area contributed by atoms with Gasteiger partial charge in [0, 0.05) is 12.6 Å². The van der Waals surface area contributed by atoms with E-state index >= 15 is 0 Å². The molecule has 9 heteroatoms. The first-order chi connectivity index (χ1) is 15.2. The Morgan fingerprint density at radius 1 is 0.938 bits per heavy atom. The largest absolute Gasteiger partial charge is 0.467 e. The topological polar surface area (TPSA) is 70.8 Å². The van der Waals surface area contributed by atoms with Crippen LogP contribution in [0.5, 0.6) is 0 Å². The number of nitrogens with zero attached hydrogens (tertiary/aromatic N) is 2. The van der Waals surface area contributed by atoms with Crippen molar-refractivity contribution in [1.29, 1.82) is 0 Å². The molecule has 0 saturated heterocycles. The first-order valence-electron chi connectivity index (χ1n) is 9.99. The fourth-order valence-electron chi connectivity index (χ4n) is 3.15. The van der Waals surface area contributed by atoms with E-state index in [4.69, 9.17) is 4.42 Å². The highest BCUT2D eigenvalue weighted by Gasteiger charge is 2.31. The van der Waals surface area contributed by atoms with Crippen molar-refractivity contribution in [3.8, 4) is 0 Å². The maximum Gasteiger partial charge on any atom is 0.243 e. The molecule has 0 fully saturated rings. The number of benzene rings is 2. The minimum absolute atomic E-state index is 0.100. The molecule has 0 spiro atoms. The standard InChI is InChI=1S/C23H24F2N2O4S/c1-17(2)27(32(29,30)22-11-9-20(25)10-12-22)16-23(28)26(15-21-4-3-13-31-21)14-18-5-7-19(24)8-6-18/h3-13,17H,14-16H2,1-2H3. The van der Waals surface area contributed by atoms with Crippen molar-refractivity contribution in [2.75, 3.05) is 6.54 Å². The van der Waals surface area contributed by atoms with E-state index in [-0.39, 0.29) is 18.0 Å². The van der Waals surface area contributed by atoms with Crippen LogP contribution in [0.1, 0.15) is 25.2 Å². The lowest BCUT2D eigenvalue weighted by Crippen LogP contribution is -2.45. The van der Waals surface area contributed by atoms with Crippen LogP contribution in [0.25, 0.3) is 0 Å². The van der Waals surface area contributed by atoms with Crippen molar-refractivity contribution in [2.45, 2.75) is 37.9 Å². The van der Waals surface area contributed by atoms with Gasteiger partial charge in [-0.1, -0.05) is 12.1 Å². The van der Waals surface area contributed by atoms with Gasteiger partial charge < -0.3 is 9.32 Å². The van der Waals surface area contributed by atoms with E-state index in [1.807, 2.05) is 0 Å². The fourth-order valence-corrected chi connectivity index (χ4v) is 4.74. The van der Waals surface area contributed by atoms with E-state index in [1.165, 1.54) is 35.4 Å². The third-order valence-electron chi connectivity index (χ3n) is 4.85. The normalized spacial score (nSPS) is 11.8. The zero-order chi connectivity index (χ0) is 23.3. The van der Waals surface area contributed by atoms with Crippen LogP contribution in [-0.2, 0) is 27.9 Å². The molecule has 0 bridgehead atoms. The van der Waals surface area contributed by atoms with E-state index in [1.54, 1.807) is 38.1 Å². The van der Waals surface area contributed by atoms with Crippen LogP contribution in [0.4, 0.5) is 8.78 Å². The Kier molecular flexibility index (Phi) is 7.42. The van der Waals surface area contributed by atoms with Gasteiger partial charge in [0.2, 0.25) is 15.9 Å². The van der Waals surface area contributed by atoms with Gasteiger partial charge in [-0.15, -0.1) is 0 Å². The summed E-state index contributed by atoms with van der Waals surface area (Å²) < 4.78 is 59.2. The highest BCUT2D eigenvalue weighted by molar-refractivity contribution is 7.89. The first-order valence-corrected chi connectivity index (χ1v) is 11.4. The molecule has 0 aliphatic carbocycles. The van der Waals surface area contributed by atoms with Crippen LogP contribution in [0.3, 0.4) is 0 Å². The number of furan rings is 1. The predicted octanol–water partition coefficient (Wildman–Crippen LogP) is 4.19. The molecular formula is C23H24F2N2O4S. The monoisotopic (exact) mass is 462 g/mol. The average molecular weight is 463 g/mol. The average Bonchev–Trinajstić information content (AvgIpc) is 3.26. The number of carbonyl (C=O) groups excluding carboxylic acids is 1. The van der Waals surface area contributed by atoms with Crippen LogP contribution < -0.4 is 0 Å². The Balaban J connectivity index is 1.85. The molecule has 32 heavy (non-hydrogen) atoms. The lowest BCUT2D eigenvalue weighted by atomic mass is 10.2. The number of rotatable bonds is 9. The van der Waals surface area contributed by atoms with Gasteiger partial charge in [0.15, 0.2) is 0 Å². The van der Waals surface area contributed by atoms with Gasteiger partial charge in [-0.25, -0.2) is 17.2 Å². The van der Waals surface area contributed by atoms with E-state index in [0.717, 1.165) is 16.4 Å². The Bertz CT molecular complexity index is 1130. The van der Waals surface area contributed by atoms with Gasteiger partial charge in [0.25, 0.3) is 0 Å². The second-order valence-corrected chi connectivity index (χ2v) is 9.44. The van der Waals surface area contributed by atoms with E-state index in [9.17, 15) is 22.0 Å². The molecule has 1 heterocycles. The summed E-state index contributed by atoms with van der Waals surface area (Å²) in [6, 6.07) is 13.1. The van der Waals surface area contributed by atoms with Crippen molar-refractivity contribution in [3.63, 3.8) is 0 Å².